The SMILES string of the molecule is CCCCCCCCCCCCN(C)CC(C)CNC. The predicted molar refractivity (Wildman–Crippen MR) is 92.4 cm³/mol. The molecule has 0 amide bonds. The van der Waals surface area contributed by atoms with E-state index in [-0.39, 0.29) is 0 Å². The number of nitrogens with zero attached hydrogens (tertiary/aromatic N) is 1. The molecule has 0 aliphatic heterocycles. The Bertz CT molecular complexity index is 182. The smallest absolute Gasteiger partial charge is 0.00161 e. The Labute approximate surface area is 128 Å². The van der Waals surface area contributed by atoms with Gasteiger partial charge in [0.15, 0.2) is 0 Å². The molecule has 0 heterocycles. The molecule has 0 aromatic rings. The van der Waals surface area contributed by atoms with Crippen molar-refractivity contribution < 1.29 is 0 Å². The third-order valence-electron chi connectivity index (χ3n) is 4.07. The van der Waals surface area contributed by atoms with E-state index in [1.54, 1.807) is 0 Å². The third-order valence-corrected chi connectivity index (χ3v) is 4.07. The van der Waals surface area contributed by atoms with E-state index in [1.807, 2.05) is 7.05 Å². The third kappa shape index (κ3) is 14.3. The summed E-state index contributed by atoms with van der Waals surface area (Å²) in [7, 11) is 4.30. The lowest BCUT2D eigenvalue weighted by molar-refractivity contribution is 0.277. The highest BCUT2D eigenvalue weighted by atomic mass is 15.1. The lowest BCUT2D eigenvalue weighted by atomic mass is 10.1. The molecular formula is C18H40N2. The fourth-order valence-electron chi connectivity index (χ4n) is 2.91. The van der Waals surface area contributed by atoms with Crippen molar-refractivity contribution in [2.24, 2.45) is 5.92 Å². The minimum atomic E-state index is 0.758. The Kier molecular flexibility index (Phi) is 15.3. The van der Waals surface area contributed by atoms with Gasteiger partial charge in [0.05, 0.1) is 0 Å². The van der Waals surface area contributed by atoms with Crippen LogP contribution in [0.4, 0.5) is 0 Å². The van der Waals surface area contributed by atoms with Crippen molar-refractivity contribution in [2.45, 2.75) is 78.1 Å². The molecule has 0 spiro atoms. The van der Waals surface area contributed by atoms with Crippen LogP contribution in [0.25, 0.3) is 0 Å². The van der Waals surface area contributed by atoms with E-state index < -0.39 is 0 Å². The van der Waals surface area contributed by atoms with Gasteiger partial charge in [-0.25, -0.2) is 0 Å². The number of rotatable bonds is 15. The zero-order chi connectivity index (χ0) is 15.1. The van der Waals surface area contributed by atoms with Gasteiger partial charge in [-0.2, -0.15) is 0 Å². The first-order valence-electron chi connectivity index (χ1n) is 9.03. The van der Waals surface area contributed by atoms with Gasteiger partial charge in [-0.15, -0.1) is 0 Å². The van der Waals surface area contributed by atoms with Crippen molar-refractivity contribution in [3.05, 3.63) is 0 Å². The Morgan fingerprint density at radius 1 is 0.850 bits per heavy atom. The molecule has 0 aliphatic rings. The van der Waals surface area contributed by atoms with Gasteiger partial charge in [0, 0.05) is 6.54 Å². The van der Waals surface area contributed by atoms with Gasteiger partial charge < -0.3 is 10.2 Å². The van der Waals surface area contributed by atoms with E-state index >= 15 is 0 Å². The summed E-state index contributed by atoms with van der Waals surface area (Å²) in [6, 6.07) is 0. The largest absolute Gasteiger partial charge is 0.319 e. The molecule has 2 heteroatoms. The summed E-state index contributed by atoms with van der Waals surface area (Å²) in [6.45, 7) is 8.23. The molecule has 0 aliphatic carbocycles. The summed E-state index contributed by atoms with van der Waals surface area (Å²) in [5.41, 5.74) is 0. The summed E-state index contributed by atoms with van der Waals surface area (Å²) in [5, 5.41) is 3.25. The molecule has 1 unspecified atom stereocenters. The molecule has 20 heavy (non-hydrogen) atoms. The van der Waals surface area contributed by atoms with Crippen LogP contribution in [0.1, 0.15) is 78.1 Å². The normalized spacial score (nSPS) is 13.1. The van der Waals surface area contributed by atoms with Crippen LogP contribution < -0.4 is 5.32 Å². The van der Waals surface area contributed by atoms with Gasteiger partial charge in [-0.3, -0.25) is 0 Å². The van der Waals surface area contributed by atoms with Crippen molar-refractivity contribution in [1.29, 1.82) is 0 Å². The predicted octanol–water partition coefficient (Wildman–Crippen LogP) is 4.69. The zero-order valence-corrected chi connectivity index (χ0v) is 14.7. The standard InChI is InChI=1S/C18H40N2/c1-5-6-7-8-9-10-11-12-13-14-15-20(4)17-18(2)16-19-3/h18-19H,5-17H2,1-4H3. The Morgan fingerprint density at radius 2 is 1.35 bits per heavy atom. The lowest BCUT2D eigenvalue weighted by Crippen LogP contribution is -2.30. The molecule has 0 aromatic carbocycles. The summed E-state index contributed by atoms with van der Waals surface area (Å²) in [6.07, 6.45) is 14.3. The van der Waals surface area contributed by atoms with Gasteiger partial charge in [-0.1, -0.05) is 71.6 Å². The average Bonchev–Trinajstić information content (AvgIpc) is 2.41. The van der Waals surface area contributed by atoms with Crippen LogP contribution >= 0.6 is 0 Å². The first kappa shape index (κ1) is 19.9. The summed E-state index contributed by atoms with van der Waals surface area (Å²) < 4.78 is 0. The van der Waals surface area contributed by atoms with Crippen LogP contribution in [0.2, 0.25) is 0 Å². The fraction of sp³-hybridized carbons (Fsp3) is 1.00. The van der Waals surface area contributed by atoms with Gasteiger partial charge in [0.1, 0.15) is 0 Å². The van der Waals surface area contributed by atoms with Crippen molar-refractivity contribution in [3.8, 4) is 0 Å². The van der Waals surface area contributed by atoms with Crippen molar-refractivity contribution >= 4 is 0 Å². The summed E-state index contributed by atoms with van der Waals surface area (Å²) in [5.74, 6) is 0.758. The Hall–Kier alpha value is -0.0800. The highest BCUT2D eigenvalue weighted by Gasteiger charge is 2.04. The maximum absolute atomic E-state index is 3.25. The molecule has 122 valence electrons. The van der Waals surface area contributed by atoms with E-state index in [0.29, 0.717) is 0 Å². The van der Waals surface area contributed by atoms with Gasteiger partial charge >= 0.3 is 0 Å². The van der Waals surface area contributed by atoms with E-state index in [9.17, 15) is 0 Å². The molecule has 2 nitrogen and oxygen atoms in total. The number of unbranched alkanes of at least 4 members (excludes halogenated alkanes) is 9. The van der Waals surface area contributed by atoms with Crippen LogP contribution in [0.5, 0.6) is 0 Å². The molecule has 0 aromatic heterocycles. The zero-order valence-electron chi connectivity index (χ0n) is 14.7. The molecule has 0 fully saturated rings. The molecule has 0 radical (unpaired) electrons. The van der Waals surface area contributed by atoms with Crippen LogP contribution in [0, 0.1) is 5.92 Å². The van der Waals surface area contributed by atoms with Gasteiger partial charge in [0.2, 0.25) is 0 Å². The number of hydrogen-bond acceptors (Lipinski definition) is 2. The van der Waals surface area contributed by atoms with Crippen molar-refractivity contribution in [3.63, 3.8) is 0 Å². The lowest BCUT2D eigenvalue weighted by Gasteiger charge is -2.21. The second-order valence-electron chi connectivity index (χ2n) is 6.61. The van der Waals surface area contributed by atoms with Crippen LogP contribution in [-0.2, 0) is 0 Å². The molecule has 1 N–H and O–H groups in total. The Balaban J connectivity index is 3.19. The molecule has 0 bridgehead atoms. The topological polar surface area (TPSA) is 15.3 Å². The van der Waals surface area contributed by atoms with E-state index in [2.05, 4.69) is 31.1 Å². The molecule has 0 saturated carbocycles. The van der Waals surface area contributed by atoms with Crippen LogP contribution in [0.15, 0.2) is 0 Å². The fourth-order valence-corrected chi connectivity index (χ4v) is 2.91. The minimum absolute atomic E-state index is 0.758. The second-order valence-corrected chi connectivity index (χ2v) is 6.61. The average molecular weight is 285 g/mol. The van der Waals surface area contributed by atoms with E-state index in [1.165, 1.54) is 77.3 Å². The first-order valence-corrected chi connectivity index (χ1v) is 9.03. The molecule has 0 saturated heterocycles. The van der Waals surface area contributed by atoms with Crippen LogP contribution in [0.3, 0.4) is 0 Å². The van der Waals surface area contributed by atoms with E-state index in [4.69, 9.17) is 0 Å². The maximum Gasteiger partial charge on any atom is 0.00161 e. The highest BCUT2D eigenvalue weighted by Crippen LogP contribution is 2.10. The monoisotopic (exact) mass is 284 g/mol. The second kappa shape index (κ2) is 15.3. The summed E-state index contributed by atoms with van der Waals surface area (Å²) >= 11 is 0. The summed E-state index contributed by atoms with van der Waals surface area (Å²) in [4.78, 5) is 2.49. The molecular weight excluding hydrogens is 244 g/mol. The van der Waals surface area contributed by atoms with Crippen molar-refractivity contribution in [1.82, 2.24) is 10.2 Å². The van der Waals surface area contributed by atoms with Crippen LogP contribution in [-0.4, -0.2) is 38.6 Å². The number of nitrogens with one attached hydrogen (secondary N) is 1. The minimum Gasteiger partial charge on any atom is -0.319 e. The van der Waals surface area contributed by atoms with E-state index in [0.717, 1.165) is 12.5 Å². The highest BCUT2D eigenvalue weighted by molar-refractivity contribution is 4.61. The molecule has 1 atom stereocenters. The van der Waals surface area contributed by atoms with Gasteiger partial charge in [-0.05, 0) is 39.5 Å². The maximum atomic E-state index is 3.25. The quantitative estimate of drug-likeness (QED) is 0.439. The Morgan fingerprint density at radius 3 is 1.85 bits per heavy atom. The van der Waals surface area contributed by atoms with Crippen molar-refractivity contribution in [2.75, 3.05) is 33.7 Å². The molecule has 0 rings (SSSR count). The number of hydrogen-bond donors (Lipinski definition) is 1. The van der Waals surface area contributed by atoms with Gasteiger partial charge in [0.25, 0.3) is 0 Å². The first-order chi connectivity index (χ1) is 9.70.